The maximum atomic E-state index is 13.2. The lowest BCUT2D eigenvalue weighted by atomic mass is 9.83. The smallest absolute Gasteiger partial charge is 0.250 e. The van der Waals surface area contributed by atoms with Gasteiger partial charge < -0.3 is 18.5 Å². The Bertz CT molecular complexity index is 1580. The first kappa shape index (κ1) is 26.1. The molecule has 4 aromatic rings. The molecule has 4 heterocycles. The van der Waals surface area contributed by atoms with Gasteiger partial charge in [0, 0.05) is 49.4 Å². The predicted molar refractivity (Wildman–Crippen MR) is 150 cm³/mol. The molecule has 0 aliphatic carbocycles. The van der Waals surface area contributed by atoms with E-state index in [1.54, 1.807) is 19.2 Å². The lowest BCUT2D eigenvalue weighted by Crippen LogP contribution is -2.48. The Morgan fingerprint density at radius 2 is 1.82 bits per heavy atom. The van der Waals surface area contributed by atoms with Gasteiger partial charge in [-0.3, -0.25) is 14.5 Å². The Hall–Kier alpha value is -3.55. The first-order valence-corrected chi connectivity index (χ1v) is 12.8. The molecule has 0 amide bonds. The summed E-state index contributed by atoms with van der Waals surface area (Å²) in [6.45, 7) is 5.98. The van der Waals surface area contributed by atoms with Gasteiger partial charge in [-0.1, -0.05) is 18.2 Å². The number of ether oxygens (including phenoxy) is 2. The number of rotatable bonds is 6. The normalized spacial score (nSPS) is 18.5. The molecule has 1 fully saturated rings. The lowest BCUT2D eigenvalue weighted by Gasteiger charge is -2.42. The highest BCUT2D eigenvalue weighted by Gasteiger charge is 2.34. The summed E-state index contributed by atoms with van der Waals surface area (Å²) >= 11 is 0. The second-order valence-electron chi connectivity index (χ2n) is 10.1. The van der Waals surface area contributed by atoms with Crippen molar-refractivity contribution >= 4 is 23.4 Å². The molecule has 1 saturated heterocycles. The van der Waals surface area contributed by atoms with Crippen molar-refractivity contribution in [1.29, 1.82) is 0 Å². The fraction of sp³-hybridized carbons (Fsp3) is 0.333. The van der Waals surface area contributed by atoms with Crippen LogP contribution in [-0.2, 0) is 6.54 Å². The number of fused-ring (bicyclic) bond motifs is 5. The summed E-state index contributed by atoms with van der Waals surface area (Å²) in [6.07, 6.45) is 2.67. The zero-order chi connectivity index (χ0) is 25.5. The second-order valence-corrected chi connectivity index (χ2v) is 10.1. The predicted octanol–water partition coefficient (Wildman–Crippen LogP) is 4.86. The first-order chi connectivity index (χ1) is 18.0. The van der Waals surface area contributed by atoms with E-state index in [-0.39, 0.29) is 23.4 Å². The SMILES string of the molecule is COc1ccc(-c2coc3c(C)c(OCCN4C[C@@H]5C[C@H](C4)c4cccc(=O)n4C5)ccc3c2=O)cc1.Cl. The molecule has 7 nitrogen and oxygen atoms in total. The van der Waals surface area contributed by atoms with Crippen LogP contribution in [0.1, 0.15) is 23.6 Å². The summed E-state index contributed by atoms with van der Waals surface area (Å²) in [4.78, 5) is 27.9. The van der Waals surface area contributed by atoms with E-state index in [4.69, 9.17) is 13.9 Å². The Kier molecular flexibility index (Phi) is 7.32. The van der Waals surface area contributed by atoms with Crippen LogP contribution >= 0.6 is 12.4 Å². The third-order valence-corrected chi connectivity index (χ3v) is 7.76. The van der Waals surface area contributed by atoms with E-state index >= 15 is 0 Å². The summed E-state index contributed by atoms with van der Waals surface area (Å²) in [5.74, 6) is 2.34. The summed E-state index contributed by atoms with van der Waals surface area (Å²) in [6, 6.07) is 16.6. The molecular formula is C30H31ClN2O5. The maximum Gasteiger partial charge on any atom is 0.250 e. The number of hydrogen-bond donors (Lipinski definition) is 0. The van der Waals surface area contributed by atoms with E-state index in [2.05, 4.69) is 11.0 Å². The fourth-order valence-electron chi connectivity index (χ4n) is 5.91. The van der Waals surface area contributed by atoms with Crippen molar-refractivity contribution in [1.82, 2.24) is 9.47 Å². The molecule has 2 aliphatic heterocycles. The molecule has 2 aromatic heterocycles. The van der Waals surface area contributed by atoms with Gasteiger partial charge in [0.2, 0.25) is 5.43 Å². The van der Waals surface area contributed by atoms with Crippen LogP contribution in [0.15, 0.2) is 74.9 Å². The third-order valence-electron chi connectivity index (χ3n) is 7.76. The molecule has 38 heavy (non-hydrogen) atoms. The van der Waals surface area contributed by atoms with Gasteiger partial charge in [0.15, 0.2) is 0 Å². The third kappa shape index (κ3) is 4.72. The molecule has 0 N–H and O–H groups in total. The molecule has 0 saturated carbocycles. The fourth-order valence-corrected chi connectivity index (χ4v) is 5.91. The maximum absolute atomic E-state index is 13.2. The molecule has 2 atom stereocenters. The van der Waals surface area contributed by atoms with Crippen LogP contribution in [0.2, 0.25) is 0 Å². The molecule has 0 unspecified atom stereocenters. The quantitative estimate of drug-likeness (QED) is 0.352. The number of piperidine rings is 1. The number of likely N-dealkylation sites (tertiary alicyclic amines) is 1. The molecule has 198 valence electrons. The van der Waals surface area contributed by atoms with E-state index in [0.29, 0.717) is 35.0 Å². The zero-order valence-electron chi connectivity index (χ0n) is 21.5. The second kappa shape index (κ2) is 10.7. The van der Waals surface area contributed by atoms with Crippen molar-refractivity contribution in [3.63, 3.8) is 0 Å². The molecule has 0 spiro atoms. The molecular weight excluding hydrogens is 504 g/mol. The summed E-state index contributed by atoms with van der Waals surface area (Å²) in [5, 5.41) is 0.538. The van der Waals surface area contributed by atoms with Crippen LogP contribution in [0.3, 0.4) is 0 Å². The van der Waals surface area contributed by atoms with Gasteiger partial charge >= 0.3 is 0 Å². The van der Waals surface area contributed by atoms with Gasteiger partial charge in [-0.25, -0.2) is 0 Å². The van der Waals surface area contributed by atoms with Gasteiger partial charge in [-0.05, 0) is 55.2 Å². The Morgan fingerprint density at radius 1 is 1.00 bits per heavy atom. The number of methoxy groups -OCH3 is 1. The van der Waals surface area contributed by atoms with Gasteiger partial charge in [0.1, 0.15) is 30.0 Å². The van der Waals surface area contributed by atoms with Crippen LogP contribution in [0, 0.1) is 12.8 Å². The van der Waals surface area contributed by atoms with Crippen LogP contribution < -0.4 is 20.5 Å². The summed E-state index contributed by atoms with van der Waals surface area (Å²) in [7, 11) is 1.61. The van der Waals surface area contributed by atoms with Crippen LogP contribution in [0.4, 0.5) is 0 Å². The minimum absolute atomic E-state index is 0. The molecule has 2 aliphatic rings. The summed E-state index contributed by atoms with van der Waals surface area (Å²) < 4.78 is 19.3. The molecule has 0 radical (unpaired) electrons. The number of pyridine rings is 1. The highest BCUT2D eigenvalue weighted by molar-refractivity contribution is 5.86. The monoisotopic (exact) mass is 534 g/mol. The minimum atomic E-state index is -0.0692. The van der Waals surface area contributed by atoms with Gasteiger partial charge in [-0.15, -0.1) is 12.4 Å². The van der Waals surface area contributed by atoms with Gasteiger partial charge in [0.05, 0.1) is 18.1 Å². The number of benzene rings is 2. The highest BCUT2D eigenvalue weighted by Crippen LogP contribution is 2.35. The molecule has 8 heteroatoms. The Labute approximate surface area is 227 Å². The average molecular weight is 535 g/mol. The van der Waals surface area contributed by atoms with Crippen molar-refractivity contribution in [2.45, 2.75) is 25.8 Å². The van der Waals surface area contributed by atoms with Crippen LogP contribution in [-0.4, -0.2) is 42.8 Å². The van der Waals surface area contributed by atoms with Crippen molar-refractivity contribution < 1.29 is 13.9 Å². The van der Waals surface area contributed by atoms with Gasteiger partial charge in [-0.2, -0.15) is 0 Å². The van der Waals surface area contributed by atoms with E-state index in [1.165, 1.54) is 6.26 Å². The number of nitrogens with zero attached hydrogens (tertiary/aromatic N) is 2. The van der Waals surface area contributed by atoms with Crippen LogP contribution in [0.25, 0.3) is 22.1 Å². The van der Waals surface area contributed by atoms with Crippen molar-refractivity contribution in [2.75, 3.05) is 33.4 Å². The molecule has 6 rings (SSSR count). The van der Waals surface area contributed by atoms with Crippen LogP contribution in [0.5, 0.6) is 11.5 Å². The number of halogens is 1. The topological polar surface area (TPSA) is 73.9 Å². The highest BCUT2D eigenvalue weighted by atomic mass is 35.5. The largest absolute Gasteiger partial charge is 0.497 e. The molecule has 2 bridgehead atoms. The minimum Gasteiger partial charge on any atom is -0.497 e. The van der Waals surface area contributed by atoms with E-state index < -0.39 is 0 Å². The lowest BCUT2D eigenvalue weighted by molar-refractivity contribution is 0.104. The number of hydrogen-bond acceptors (Lipinski definition) is 6. The standard InChI is InChI=1S/C30H30N2O5.ClH/c1-19-27(11-10-24-29(34)25(18-37-30(19)24)21-6-8-23(35-2)9-7-21)36-13-12-31-15-20-14-22(17-31)26-4-3-5-28(33)32(26)16-20;/h3-11,18,20,22H,12-17H2,1-2H3;1H/t20-,22+;/m0./s1. The van der Waals surface area contributed by atoms with Crippen molar-refractivity contribution in [2.24, 2.45) is 5.92 Å². The average Bonchev–Trinajstić information content (AvgIpc) is 2.91. The zero-order valence-corrected chi connectivity index (χ0v) is 22.3. The van der Waals surface area contributed by atoms with E-state index in [1.807, 2.05) is 47.9 Å². The van der Waals surface area contributed by atoms with E-state index in [0.717, 1.165) is 60.9 Å². The first-order valence-electron chi connectivity index (χ1n) is 12.8. The number of aryl methyl sites for hydroxylation is 1. The van der Waals surface area contributed by atoms with Gasteiger partial charge in [0.25, 0.3) is 5.56 Å². The Morgan fingerprint density at radius 3 is 2.61 bits per heavy atom. The summed E-state index contributed by atoms with van der Waals surface area (Å²) in [5.41, 5.74) is 3.87. The van der Waals surface area contributed by atoms with Crippen molar-refractivity contribution in [3.8, 4) is 22.6 Å². The number of aromatic nitrogens is 1. The van der Waals surface area contributed by atoms with Crippen molar-refractivity contribution in [3.05, 3.63) is 92.7 Å². The Balaban J connectivity index is 0.00000294. The molecule has 2 aromatic carbocycles. The van der Waals surface area contributed by atoms with E-state index in [9.17, 15) is 9.59 Å².